The van der Waals surface area contributed by atoms with E-state index in [1.165, 1.54) is 12.1 Å². The van der Waals surface area contributed by atoms with Gasteiger partial charge < -0.3 is 15.4 Å². The molecular weight excluding hydrogens is 321 g/mol. The molecule has 24 heavy (non-hydrogen) atoms. The fourth-order valence-corrected chi connectivity index (χ4v) is 2.98. The van der Waals surface area contributed by atoms with Gasteiger partial charge in [0.25, 0.3) is 0 Å². The number of benzene rings is 1. The van der Waals surface area contributed by atoms with E-state index in [9.17, 15) is 18.0 Å². The summed E-state index contributed by atoms with van der Waals surface area (Å²) in [5.41, 5.74) is -1.19. The van der Waals surface area contributed by atoms with E-state index in [1.54, 1.807) is 6.92 Å². The number of nitrogens with one attached hydrogen (secondary N) is 2. The molecular formula is C17H23F3N2O2. The first-order valence-electron chi connectivity index (χ1n) is 8.22. The standard InChI is InChI=1S/C17H23F3N2O2/c1-3-24-12-8-9-15(13(10-12)17(18,19)20)22-16(23)21-14-7-5-4-6-11(14)2/h8-11,14H,3-7H2,1-2H3,(H2,21,22,23). The number of urea groups is 1. The third-order valence-corrected chi connectivity index (χ3v) is 4.28. The monoisotopic (exact) mass is 344 g/mol. The molecule has 1 aliphatic carbocycles. The molecule has 0 bridgehead atoms. The number of hydrogen-bond donors (Lipinski definition) is 2. The zero-order valence-electron chi connectivity index (χ0n) is 13.9. The quantitative estimate of drug-likeness (QED) is 0.824. The smallest absolute Gasteiger partial charge is 0.418 e. The number of amides is 2. The van der Waals surface area contributed by atoms with Crippen LogP contribution in [0.2, 0.25) is 0 Å². The van der Waals surface area contributed by atoms with E-state index >= 15 is 0 Å². The van der Waals surface area contributed by atoms with Gasteiger partial charge in [0.05, 0.1) is 17.9 Å². The van der Waals surface area contributed by atoms with Gasteiger partial charge in [0.15, 0.2) is 0 Å². The summed E-state index contributed by atoms with van der Waals surface area (Å²) in [6.45, 7) is 4.00. The van der Waals surface area contributed by atoms with Crippen LogP contribution in [0.4, 0.5) is 23.7 Å². The molecule has 0 saturated heterocycles. The van der Waals surface area contributed by atoms with Crippen LogP contribution in [0.15, 0.2) is 18.2 Å². The van der Waals surface area contributed by atoms with Gasteiger partial charge >= 0.3 is 12.2 Å². The summed E-state index contributed by atoms with van der Waals surface area (Å²) in [5.74, 6) is 0.448. The van der Waals surface area contributed by atoms with Gasteiger partial charge in [0, 0.05) is 6.04 Å². The topological polar surface area (TPSA) is 50.4 Å². The van der Waals surface area contributed by atoms with Crippen molar-refractivity contribution in [3.63, 3.8) is 0 Å². The minimum atomic E-state index is -4.58. The minimum Gasteiger partial charge on any atom is -0.494 e. The highest BCUT2D eigenvalue weighted by Gasteiger charge is 2.35. The van der Waals surface area contributed by atoms with Gasteiger partial charge in [-0.2, -0.15) is 13.2 Å². The van der Waals surface area contributed by atoms with Crippen molar-refractivity contribution in [2.75, 3.05) is 11.9 Å². The van der Waals surface area contributed by atoms with Gasteiger partial charge in [-0.3, -0.25) is 0 Å². The van der Waals surface area contributed by atoms with Gasteiger partial charge in [-0.05, 0) is 43.9 Å². The maximum absolute atomic E-state index is 13.2. The Balaban J connectivity index is 2.11. The van der Waals surface area contributed by atoms with Gasteiger partial charge in [-0.25, -0.2) is 4.79 Å². The van der Waals surface area contributed by atoms with Crippen LogP contribution in [-0.2, 0) is 6.18 Å². The van der Waals surface area contributed by atoms with Crippen molar-refractivity contribution >= 4 is 11.7 Å². The molecule has 2 N–H and O–H groups in total. The lowest BCUT2D eigenvalue weighted by atomic mass is 9.86. The van der Waals surface area contributed by atoms with Crippen molar-refractivity contribution in [3.05, 3.63) is 23.8 Å². The Morgan fingerprint density at radius 3 is 2.62 bits per heavy atom. The Kier molecular flexibility index (Phi) is 5.96. The summed E-state index contributed by atoms with van der Waals surface area (Å²) in [6.07, 6.45) is -0.566. The number of halogens is 3. The highest BCUT2D eigenvalue weighted by atomic mass is 19.4. The molecule has 1 saturated carbocycles. The van der Waals surface area contributed by atoms with E-state index in [0.717, 1.165) is 31.7 Å². The lowest BCUT2D eigenvalue weighted by Gasteiger charge is -2.29. The summed E-state index contributed by atoms with van der Waals surface area (Å²) >= 11 is 0. The summed E-state index contributed by atoms with van der Waals surface area (Å²) in [4.78, 5) is 12.1. The summed E-state index contributed by atoms with van der Waals surface area (Å²) in [7, 11) is 0. The second-order valence-electron chi connectivity index (χ2n) is 6.10. The van der Waals surface area contributed by atoms with Crippen LogP contribution >= 0.6 is 0 Å². The van der Waals surface area contributed by atoms with Crippen LogP contribution in [0.25, 0.3) is 0 Å². The van der Waals surface area contributed by atoms with Gasteiger partial charge in [0.1, 0.15) is 5.75 Å². The number of carbonyl (C=O) groups excluding carboxylic acids is 1. The fourth-order valence-electron chi connectivity index (χ4n) is 2.98. The second-order valence-corrected chi connectivity index (χ2v) is 6.10. The molecule has 2 rings (SSSR count). The molecule has 1 aromatic carbocycles. The molecule has 1 aromatic rings. The number of rotatable bonds is 4. The second kappa shape index (κ2) is 7.77. The summed E-state index contributed by atoms with van der Waals surface area (Å²) in [6, 6.07) is 2.93. The van der Waals surface area contributed by atoms with Crippen LogP contribution in [-0.4, -0.2) is 18.7 Å². The van der Waals surface area contributed by atoms with E-state index in [2.05, 4.69) is 10.6 Å². The van der Waals surface area contributed by atoms with Crippen LogP contribution in [0.1, 0.15) is 45.1 Å². The molecule has 4 nitrogen and oxygen atoms in total. The first kappa shape index (κ1) is 18.4. The summed E-state index contributed by atoms with van der Waals surface area (Å²) < 4.78 is 44.7. The van der Waals surface area contributed by atoms with Crippen molar-refractivity contribution < 1.29 is 22.7 Å². The average Bonchev–Trinajstić information content (AvgIpc) is 2.50. The predicted molar refractivity (Wildman–Crippen MR) is 86.2 cm³/mol. The largest absolute Gasteiger partial charge is 0.494 e. The number of ether oxygens (including phenoxy) is 1. The van der Waals surface area contributed by atoms with E-state index in [-0.39, 0.29) is 24.1 Å². The minimum absolute atomic E-state index is 0.00390. The lowest BCUT2D eigenvalue weighted by Crippen LogP contribution is -2.43. The maximum atomic E-state index is 13.2. The Bertz CT molecular complexity index is 575. The molecule has 0 aromatic heterocycles. The van der Waals surface area contributed by atoms with Crippen molar-refractivity contribution in [1.82, 2.24) is 5.32 Å². The molecule has 0 radical (unpaired) electrons. The number of anilines is 1. The lowest BCUT2D eigenvalue weighted by molar-refractivity contribution is -0.137. The molecule has 0 aliphatic heterocycles. The van der Waals surface area contributed by atoms with E-state index in [4.69, 9.17) is 4.74 Å². The molecule has 0 spiro atoms. The van der Waals surface area contributed by atoms with Gasteiger partial charge in [-0.15, -0.1) is 0 Å². The predicted octanol–water partition coefficient (Wildman–Crippen LogP) is 4.80. The molecule has 2 unspecified atom stereocenters. The van der Waals surface area contributed by atoms with Crippen LogP contribution in [0.5, 0.6) is 5.75 Å². The molecule has 2 amide bonds. The summed E-state index contributed by atoms with van der Waals surface area (Å²) in [5, 5.41) is 5.12. The Labute approximate surface area is 139 Å². The Hall–Kier alpha value is -1.92. The molecule has 1 aliphatic rings. The van der Waals surface area contributed by atoms with Crippen molar-refractivity contribution in [2.45, 2.75) is 51.7 Å². The third-order valence-electron chi connectivity index (χ3n) is 4.28. The number of alkyl halides is 3. The van der Waals surface area contributed by atoms with Crippen molar-refractivity contribution in [1.29, 1.82) is 0 Å². The molecule has 7 heteroatoms. The first-order chi connectivity index (χ1) is 11.3. The molecule has 2 atom stereocenters. The molecule has 0 heterocycles. The van der Waals surface area contributed by atoms with Gasteiger partial charge in [0.2, 0.25) is 0 Å². The molecule has 1 fully saturated rings. The SMILES string of the molecule is CCOc1ccc(NC(=O)NC2CCCCC2C)c(C(F)(F)F)c1. The fraction of sp³-hybridized carbons (Fsp3) is 0.588. The van der Waals surface area contributed by atoms with E-state index < -0.39 is 17.8 Å². The average molecular weight is 344 g/mol. The van der Waals surface area contributed by atoms with E-state index in [0.29, 0.717) is 5.92 Å². The Morgan fingerprint density at radius 2 is 2.00 bits per heavy atom. The van der Waals surface area contributed by atoms with Crippen molar-refractivity contribution in [3.8, 4) is 5.75 Å². The van der Waals surface area contributed by atoms with E-state index in [1.807, 2.05) is 6.92 Å². The number of carbonyl (C=O) groups is 1. The zero-order chi connectivity index (χ0) is 17.7. The highest BCUT2D eigenvalue weighted by Crippen LogP contribution is 2.37. The third kappa shape index (κ3) is 4.79. The van der Waals surface area contributed by atoms with Crippen LogP contribution < -0.4 is 15.4 Å². The van der Waals surface area contributed by atoms with Crippen LogP contribution in [0.3, 0.4) is 0 Å². The first-order valence-corrected chi connectivity index (χ1v) is 8.22. The highest BCUT2D eigenvalue weighted by molar-refractivity contribution is 5.90. The maximum Gasteiger partial charge on any atom is 0.418 e. The Morgan fingerprint density at radius 1 is 1.29 bits per heavy atom. The normalized spacial score (nSPS) is 21.2. The zero-order valence-corrected chi connectivity index (χ0v) is 13.9. The van der Waals surface area contributed by atoms with Crippen LogP contribution in [0, 0.1) is 5.92 Å². The van der Waals surface area contributed by atoms with Crippen molar-refractivity contribution in [2.24, 2.45) is 5.92 Å². The molecule has 134 valence electrons. The number of hydrogen-bond acceptors (Lipinski definition) is 2. The van der Waals surface area contributed by atoms with Gasteiger partial charge in [-0.1, -0.05) is 19.8 Å².